The van der Waals surface area contributed by atoms with Crippen molar-refractivity contribution < 1.29 is 18.0 Å². The summed E-state index contributed by atoms with van der Waals surface area (Å²) in [5.74, 6) is -0.125. The lowest BCUT2D eigenvalue weighted by atomic mass is 9.96. The zero-order valence-electron chi connectivity index (χ0n) is 21.1. The first kappa shape index (κ1) is 25.6. The molecule has 0 aliphatic carbocycles. The Bertz CT molecular complexity index is 1360. The Labute approximate surface area is 228 Å². The van der Waals surface area contributed by atoms with Gasteiger partial charge in [0.2, 0.25) is 0 Å². The van der Waals surface area contributed by atoms with Crippen LogP contribution >= 0.6 is 11.3 Å². The lowest BCUT2D eigenvalue weighted by Gasteiger charge is -2.39. The molecule has 2 aliphatic heterocycles. The molecule has 1 saturated heterocycles. The summed E-state index contributed by atoms with van der Waals surface area (Å²) in [6.07, 6.45) is -4.65. The molecule has 0 saturated carbocycles. The van der Waals surface area contributed by atoms with Crippen LogP contribution in [-0.4, -0.2) is 57.8 Å². The van der Waals surface area contributed by atoms with Gasteiger partial charge in [-0.15, -0.1) is 11.3 Å². The summed E-state index contributed by atoms with van der Waals surface area (Å²) in [7, 11) is 0. The summed E-state index contributed by atoms with van der Waals surface area (Å²) in [5.41, 5.74) is 2.39. The molecule has 0 unspecified atom stereocenters. The number of hydrogen-bond acceptors (Lipinski definition) is 5. The third-order valence-electron chi connectivity index (χ3n) is 7.49. The maximum Gasteiger partial charge on any atom is 0.410 e. The van der Waals surface area contributed by atoms with Crippen LogP contribution in [0, 0.1) is 0 Å². The smallest absolute Gasteiger partial charge is 0.363 e. The van der Waals surface area contributed by atoms with Crippen molar-refractivity contribution in [3.63, 3.8) is 0 Å². The Morgan fingerprint density at radius 2 is 1.56 bits per heavy atom. The average Bonchev–Trinajstić information content (AvgIpc) is 3.64. The molecular formula is C29H28F3N5OS. The van der Waals surface area contributed by atoms with Crippen LogP contribution in [0.4, 0.5) is 19.0 Å². The zero-order valence-corrected chi connectivity index (χ0v) is 21.9. The second kappa shape index (κ2) is 10.5. The largest absolute Gasteiger partial charge is 0.410 e. The number of carbonyl (C=O) groups excluding carboxylic acids is 1. The molecule has 2 aliphatic rings. The van der Waals surface area contributed by atoms with Gasteiger partial charge in [0.15, 0.2) is 11.7 Å². The predicted octanol–water partition coefficient (Wildman–Crippen LogP) is 6.15. The van der Waals surface area contributed by atoms with Crippen molar-refractivity contribution in [2.24, 2.45) is 0 Å². The van der Waals surface area contributed by atoms with Crippen LogP contribution in [0.2, 0.25) is 0 Å². The number of anilines is 1. The van der Waals surface area contributed by atoms with Crippen molar-refractivity contribution in [2.75, 3.05) is 31.5 Å². The van der Waals surface area contributed by atoms with Crippen molar-refractivity contribution in [1.29, 1.82) is 0 Å². The van der Waals surface area contributed by atoms with Gasteiger partial charge in [-0.25, -0.2) is 4.68 Å². The van der Waals surface area contributed by atoms with Crippen molar-refractivity contribution in [3.8, 4) is 0 Å². The van der Waals surface area contributed by atoms with E-state index in [-0.39, 0.29) is 29.9 Å². The molecule has 6 rings (SSSR count). The van der Waals surface area contributed by atoms with Crippen LogP contribution in [0.1, 0.15) is 51.0 Å². The second-order valence-corrected chi connectivity index (χ2v) is 10.9. The number of nitrogens with zero attached hydrogens (tertiary/aromatic N) is 4. The fourth-order valence-electron chi connectivity index (χ4n) is 5.58. The van der Waals surface area contributed by atoms with E-state index in [0.717, 1.165) is 9.56 Å². The van der Waals surface area contributed by atoms with E-state index in [1.165, 1.54) is 28.5 Å². The molecule has 6 nitrogen and oxygen atoms in total. The van der Waals surface area contributed by atoms with Gasteiger partial charge in [0.1, 0.15) is 5.82 Å². The van der Waals surface area contributed by atoms with E-state index >= 15 is 0 Å². The van der Waals surface area contributed by atoms with Gasteiger partial charge >= 0.3 is 6.18 Å². The number of piperazine rings is 1. The van der Waals surface area contributed by atoms with Crippen molar-refractivity contribution in [3.05, 3.63) is 106 Å². The lowest BCUT2D eigenvalue weighted by Crippen LogP contribution is -2.50. The maximum atomic E-state index is 14.0. The van der Waals surface area contributed by atoms with Gasteiger partial charge in [0.05, 0.1) is 12.1 Å². The first-order valence-electron chi connectivity index (χ1n) is 13.0. The number of benzene rings is 2. The average molecular weight is 552 g/mol. The molecule has 1 fully saturated rings. The lowest BCUT2D eigenvalue weighted by molar-refractivity contribution is -0.173. The van der Waals surface area contributed by atoms with E-state index in [0.29, 0.717) is 26.2 Å². The topological polar surface area (TPSA) is 53.4 Å². The molecule has 4 heterocycles. The summed E-state index contributed by atoms with van der Waals surface area (Å²) in [6.45, 7) is 2.20. The number of halogens is 3. The summed E-state index contributed by atoms with van der Waals surface area (Å²) >= 11 is 1.41. The molecule has 10 heteroatoms. The van der Waals surface area contributed by atoms with E-state index in [4.69, 9.17) is 0 Å². The Morgan fingerprint density at radius 1 is 0.923 bits per heavy atom. The van der Waals surface area contributed by atoms with Crippen LogP contribution in [0.3, 0.4) is 0 Å². The molecule has 2 aromatic carbocycles. The standard InChI is InChI=1S/C29H28F3N5OS/c30-29(31,32)25-18-22(24-12-7-17-39-24)33-26-19-23(34-37(25)26)28(38)36-15-13-35(14-16-36)27(20-8-3-1-4-9-20)21-10-5-2-6-11-21/h1-12,17,19,22,25,27,33H,13-16,18H2/t22-,25-/m0/s1. The van der Waals surface area contributed by atoms with Gasteiger partial charge in [-0.1, -0.05) is 66.7 Å². The number of hydrogen-bond donors (Lipinski definition) is 1. The number of fused-ring (bicyclic) bond motifs is 1. The number of aromatic nitrogens is 2. The third kappa shape index (κ3) is 5.18. The fourth-order valence-corrected chi connectivity index (χ4v) is 6.37. The quantitative estimate of drug-likeness (QED) is 0.323. The van der Waals surface area contributed by atoms with Crippen molar-refractivity contribution in [2.45, 2.75) is 30.7 Å². The second-order valence-electron chi connectivity index (χ2n) is 9.92. The Hall–Kier alpha value is -3.63. The van der Waals surface area contributed by atoms with Crippen LogP contribution in [0.5, 0.6) is 0 Å². The summed E-state index contributed by atoms with van der Waals surface area (Å²) in [6, 6.07) is 23.4. The minimum absolute atomic E-state index is 0.0368. The van der Waals surface area contributed by atoms with E-state index < -0.39 is 18.3 Å². The maximum absolute atomic E-state index is 14.0. The highest BCUT2D eigenvalue weighted by atomic mass is 32.1. The number of carbonyl (C=O) groups is 1. The van der Waals surface area contributed by atoms with Gasteiger partial charge in [0.25, 0.3) is 5.91 Å². The van der Waals surface area contributed by atoms with E-state index in [1.807, 2.05) is 53.9 Å². The van der Waals surface area contributed by atoms with Crippen LogP contribution in [-0.2, 0) is 0 Å². The molecule has 2 atom stereocenters. The number of thiophene rings is 1. The van der Waals surface area contributed by atoms with Gasteiger partial charge in [-0.2, -0.15) is 18.3 Å². The van der Waals surface area contributed by atoms with Crippen molar-refractivity contribution in [1.82, 2.24) is 19.6 Å². The molecule has 0 bridgehead atoms. The number of rotatable bonds is 5. The molecule has 39 heavy (non-hydrogen) atoms. The summed E-state index contributed by atoms with van der Waals surface area (Å²) < 4.78 is 43.0. The fraction of sp³-hybridized carbons (Fsp3) is 0.310. The van der Waals surface area contributed by atoms with Gasteiger partial charge in [0, 0.05) is 43.5 Å². The first-order chi connectivity index (χ1) is 18.9. The highest BCUT2D eigenvalue weighted by Crippen LogP contribution is 2.44. The number of alkyl halides is 3. The highest BCUT2D eigenvalue weighted by molar-refractivity contribution is 7.10. The normalized spacial score (nSPS) is 20.1. The van der Waals surface area contributed by atoms with E-state index in [9.17, 15) is 18.0 Å². The molecule has 0 spiro atoms. The summed E-state index contributed by atoms with van der Waals surface area (Å²) in [4.78, 5) is 18.3. The predicted molar refractivity (Wildman–Crippen MR) is 145 cm³/mol. The third-order valence-corrected chi connectivity index (χ3v) is 8.48. The Kier molecular flexibility index (Phi) is 6.90. The Balaban J connectivity index is 1.20. The first-order valence-corrected chi connectivity index (χ1v) is 13.9. The van der Waals surface area contributed by atoms with Crippen LogP contribution in [0.15, 0.2) is 84.2 Å². The number of nitrogens with one attached hydrogen (secondary N) is 1. The van der Waals surface area contributed by atoms with E-state index in [1.54, 1.807) is 4.90 Å². The Morgan fingerprint density at radius 3 is 2.13 bits per heavy atom. The minimum Gasteiger partial charge on any atom is -0.363 e. The molecule has 0 radical (unpaired) electrons. The zero-order chi connectivity index (χ0) is 27.0. The SMILES string of the molecule is O=C(c1cc2n(n1)[C@H](C(F)(F)F)C[C@@H](c1cccs1)N2)N1CCN(C(c2ccccc2)c2ccccc2)CC1. The van der Waals surface area contributed by atoms with Crippen LogP contribution < -0.4 is 5.32 Å². The van der Waals surface area contributed by atoms with Crippen LogP contribution in [0.25, 0.3) is 0 Å². The number of amides is 1. The molecule has 1 amide bonds. The molecule has 202 valence electrons. The van der Waals surface area contributed by atoms with Gasteiger partial charge in [-0.3, -0.25) is 9.69 Å². The molecular weight excluding hydrogens is 523 g/mol. The molecule has 1 N–H and O–H groups in total. The summed E-state index contributed by atoms with van der Waals surface area (Å²) in [5, 5.41) is 9.19. The molecule has 4 aromatic rings. The van der Waals surface area contributed by atoms with Crippen molar-refractivity contribution >= 4 is 23.1 Å². The van der Waals surface area contributed by atoms with Gasteiger partial charge in [-0.05, 0) is 22.6 Å². The van der Waals surface area contributed by atoms with E-state index in [2.05, 4.69) is 39.6 Å². The van der Waals surface area contributed by atoms with Gasteiger partial charge < -0.3 is 10.2 Å². The highest BCUT2D eigenvalue weighted by Gasteiger charge is 2.47. The monoisotopic (exact) mass is 551 g/mol. The molecule has 2 aromatic heterocycles. The minimum atomic E-state index is -4.48.